The lowest BCUT2D eigenvalue weighted by Crippen LogP contribution is -2.18. The van der Waals surface area contributed by atoms with Gasteiger partial charge in [-0.3, -0.25) is 14.9 Å². The van der Waals surface area contributed by atoms with Crippen LogP contribution in [0.1, 0.15) is 42.6 Å². The molecule has 4 aromatic rings. The van der Waals surface area contributed by atoms with Gasteiger partial charge in [0.15, 0.2) is 0 Å². The van der Waals surface area contributed by atoms with Crippen LogP contribution in [0.3, 0.4) is 0 Å². The Kier molecular flexibility index (Phi) is 7.05. The molecule has 0 saturated carbocycles. The van der Waals surface area contributed by atoms with Crippen LogP contribution in [0.25, 0.3) is 27.5 Å². The fraction of sp³-hybridized carbons (Fsp3) is 0.192. The van der Waals surface area contributed by atoms with Gasteiger partial charge in [0.2, 0.25) is 11.8 Å². The van der Waals surface area contributed by atoms with E-state index in [-0.39, 0.29) is 11.8 Å². The second-order valence-corrected chi connectivity index (χ2v) is 7.20. The molecule has 0 bridgehead atoms. The quantitative estimate of drug-likeness (QED) is 0.426. The van der Waals surface area contributed by atoms with E-state index in [1.165, 1.54) is 5.56 Å². The molecule has 2 amide bonds. The predicted octanol–water partition coefficient (Wildman–Crippen LogP) is 5.24. The monoisotopic (exact) mass is 430 g/mol. The topological polar surface area (TPSA) is 88.4 Å². The fourth-order valence-electron chi connectivity index (χ4n) is 3.59. The van der Waals surface area contributed by atoms with Crippen LogP contribution in [0.2, 0.25) is 0 Å². The van der Waals surface area contributed by atoms with Crippen molar-refractivity contribution in [2.24, 2.45) is 0 Å². The number of aromatic nitrogens is 1. The number of benzene rings is 3. The van der Waals surface area contributed by atoms with Gasteiger partial charge in [0.1, 0.15) is 0 Å². The first kappa shape index (κ1) is 22.7. The summed E-state index contributed by atoms with van der Waals surface area (Å²) < 4.78 is 2.18. The van der Waals surface area contributed by atoms with E-state index in [2.05, 4.69) is 47.1 Å². The molecule has 3 aromatic carbocycles. The van der Waals surface area contributed by atoms with Crippen molar-refractivity contribution in [1.29, 1.82) is 0 Å². The number of hydrogen-bond acceptors (Lipinski definition) is 3. The number of carbonyl (C=O) groups is 3. The summed E-state index contributed by atoms with van der Waals surface area (Å²) in [5, 5.41) is 13.4. The zero-order valence-corrected chi connectivity index (χ0v) is 18.4. The van der Waals surface area contributed by atoms with Gasteiger partial charge in [0.05, 0.1) is 16.6 Å². The molecule has 32 heavy (non-hydrogen) atoms. The molecule has 0 unspecified atom stereocenters. The molecule has 164 valence electrons. The average Bonchev–Trinajstić information content (AvgIpc) is 3.35. The average molecular weight is 431 g/mol. The number of aromatic carboxylic acids is 1. The van der Waals surface area contributed by atoms with Crippen LogP contribution < -0.4 is 5.32 Å². The van der Waals surface area contributed by atoms with Crippen molar-refractivity contribution in [3.63, 3.8) is 0 Å². The van der Waals surface area contributed by atoms with Crippen molar-refractivity contribution < 1.29 is 19.5 Å². The molecule has 6 heteroatoms. The number of imide groups is 1. The Hall–Kier alpha value is -3.93. The Bertz CT molecular complexity index is 1270. The standard InChI is InChI=1S/C20H15NO2.C4H5NO2.C2H6/c1-13-6-9-15(10-7-13)21-18-5-3-2-4-16(18)17-12-14(20(22)23)8-11-19(17)21;6-3-1-2-4(7)5-3;1-2/h2-12H,1H3,(H,22,23);1-2H2,(H,5,6,7);1-2H3. The van der Waals surface area contributed by atoms with Crippen molar-refractivity contribution in [3.8, 4) is 5.69 Å². The van der Waals surface area contributed by atoms with E-state index < -0.39 is 5.97 Å². The maximum atomic E-state index is 11.3. The Balaban J connectivity index is 0.000000272. The van der Waals surface area contributed by atoms with Crippen LogP contribution in [-0.4, -0.2) is 27.5 Å². The Morgan fingerprint density at radius 3 is 2.00 bits per heavy atom. The second-order valence-electron chi connectivity index (χ2n) is 7.20. The number of rotatable bonds is 2. The third kappa shape index (κ3) is 4.70. The van der Waals surface area contributed by atoms with E-state index in [9.17, 15) is 19.5 Å². The van der Waals surface area contributed by atoms with E-state index in [1.807, 2.05) is 38.1 Å². The first-order valence-electron chi connectivity index (χ1n) is 10.6. The molecule has 1 aliphatic rings. The van der Waals surface area contributed by atoms with Crippen LogP contribution in [0, 0.1) is 6.92 Å². The van der Waals surface area contributed by atoms with Gasteiger partial charge in [0, 0.05) is 29.3 Å². The Morgan fingerprint density at radius 1 is 0.844 bits per heavy atom. The second kappa shape index (κ2) is 9.92. The summed E-state index contributed by atoms with van der Waals surface area (Å²) in [5.41, 5.74) is 4.69. The van der Waals surface area contributed by atoms with Gasteiger partial charge in [-0.05, 0) is 43.3 Å². The number of hydrogen-bond donors (Lipinski definition) is 2. The molecular weight excluding hydrogens is 404 g/mol. The number of aryl methyl sites for hydroxylation is 1. The predicted molar refractivity (Wildman–Crippen MR) is 126 cm³/mol. The molecule has 0 aliphatic carbocycles. The zero-order chi connectivity index (χ0) is 23.3. The number of nitrogens with zero attached hydrogens (tertiary/aromatic N) is 1. The number of nitrogens with one attached hydrogen (secondary N) is 1. The van der Waals surface area contributed by atoms with E-state index in [4.69, 9.17) is 0 Å². The first-order valence-corrected chi connectivity index (χ1v) is 10.6. The van der Waals surface area contributed by atoms with Gasteiger partial charge in [-0.1, -0.05) is 49.7 Å². The molecule has 1 fully saturated rings. The van der Waals surface area contributed by atoms with Crippen molar-refractivity contribution >= 4 is 39.6 Å². The van der Waals surface area contributed by atoms with Crippen LogP contribution >= 0.6 is 0 Å². The molecular formula is C26H26N2O4. The fourth-order valence-corrected chi connectivity index (χ4v) is 3.59. The minimum atomic E-state index is -0.904. The van der Waals surface area contributed by atoms with Crippen LogP contribution in [0.15, 0.2) is 66.7 Å². The van der Waals surface area contributed by atoms with Gasteiger partial charge in [-0.2, -0.15) is 0 Å². The molecule has 0 atom stereocenters. The SMILES string of the molecule is CC.Cc1ccc(-n2c3ccccc3c3cc(C(=O)O)ccc32)cc1.O=C1CCC(=O)N1. The minimum absolute atomic E-state index is 0.148. The number of carboxylic acids is 1. The molecule has 1 aliphatic heterocycles. The normalized spacial score (nSPS) is 12.6. The highest BCUT2D eigenvalue weighted by Crippen LogP contribution is 2.32. The zero-order valence-electron chi connectivity index (χ0n) is 18.4. The lowest BCUT2D eigenvalue weighted by Gasteiger charge is -2.08. The lowest BCUT2D eigenvalue weighted by atomic mass is 10.1. The number of fused-ring (bicyclic) bond motifs is 3. The number of carboxylic acid groups (broad SMARTS) is 1. The van der Waals surface area contributed by atoms with Gasteiger partial charge in [0.25, 0.3) is 0 Å². The highest BCUT2D eigenvalue weighted by molar-refractivity contribution is 6.11. The minimum Gasteiger partial charge on any atom is -0.478 e. The van der Waals surface area contributed by atoms with E-state index in [0.717, 1.165) is 27.5 Å². The summed E-state index contributed by atoms with van der Waals surface area (Å²) in [6.45, 7) is 6.06. The lowest BCUT2D eigenvalue weighted by molar-refractivity contribution is -0.124. The summed E-state index contributed by atoms with van der Waals surface area (Å²) in [6, 6.07) is 21.7. The molecule has 0 radical (unpaired) electrons. The van der Waals surface area contributed by atoms with Crippen molar-refractivity contribution in [1.82, 2.24) is 9.88 Å². The molecule has 5 rings (SSSR count). The highest BCUT2D eigenvalue weighted by Gasteiger charge is 2.16. The summed E-state index contributed by atoms with van der Waals surface area (Å²) in [7, 11) is 0. The van der Waals surface area contributed by atoms with Gasteiger partial charge in [-0.15, -0.1) is 0 Å². The Morgan fingerprint density at radius 2 is 1.44 bits per heavy atom. The van der Waals surface area contributed by atoms with Crippen molar-refractivity contribution in [2.75, 3.05) is 0 Å². The molecule has 1 saturated heterocycles. The van der Waals surface area contributed by atoms with Crippen LogP contribution in [-0.2, 0) is 9.59 Å². The maximum Gasteiger partial charge on any atom is 0.335 e. The summed E-state index contributed by atoms with van der Waals surface area (Å²) in [4.78, 5) is 31.5. The van der Waals surface area contributed by atoms with Gasteiger partial charge in [-0.25, -0.2) is 4.79 Å². The first-order chi connectivity index (χ1) is 15.4. The van der Waals surface area contributed by atoms with Crippen molar-refractivity contribution in [3.05, 3.63) is 77.9 Å². The summed E-state index contributed by atoms with van der Waals surface area (Å²) >= 11 is 0. The van der Waals surface area contributed by atoms with Crippen LogP contribution in [0.4, 0.5) is 0 Å². The van der Waals surface area contributed by atoms with Gasteiger partial charge < -0.3 is 9.67 Å². The molecule has 2 N–H and O–H groups in total. The molecule has 2 heterocycles. The maximum absolute atomic E-state index is 11.3. The van der Waals surface area contributed by atoms with E-state index >= 15 is 0 Å². The highest BCUT2D eigenvalue weighted by atomic mass is 16.4. The summed E-state index contributed by atoms with van der Waals surface area (Å²) in [6.07, 6.45) is 0.748. The van der Waals surface area contributed by atoms with Gasteiger partial charge >= 0.3 is 5.97 Å². The molecule has 1 aromatic heterocycles. The number of amides is 2. The van der Waals surface area contributed by atoms with Crippen molar-refractivity contribution in [2.45, 2.75) is 33.6 Å². The molecule has 0 spiro atoms. The molecule has 6 nitrogen and oxygen atoms in total. The Labute approximate surface area is 186 Å². The van der Waals surface area contributed by atoms with Crippen LogP contribution in [0.5, 0.6) is 0 Å². The number of carbonyl (C=O) groups excluding carboxylic acids is 2. The third-order valence-corrected chi connectivity index (χ3v) is 5.07. The largest absolute Gasteiger partial charge is 0.478 e. The summed E-state index contributed by atoms with van der Waals surface area (Å²) in [5.74, 6) is -1.20. The number of para-hydroxylation sites is 1. The smallest absolute Gasteiger partial charge is 0.335 e. The third-order valence-electron chi connectivity index (χ3n) is 5.07. The van der Waals surface area contributed by atoms with E-state index in [0.29, 0.717) is 18.4 Å². The van der Waals surface area contributed by atoms with E-state index in [1.54, 1.807) is 12.1 Å².